The summed E-state index contributed by atoms with van der Waals surface area (Å²) in [5.74, 6) is 3.37. The van der Waals surface area contributed by atoms with Crippen molar-refractivity contribution in [3.05, 3.63) is 88.1 Å². The molecular formula is C77H138N6O12. The molecule has 548 valence electrons. The van der Waals surface area contributed by atoms with Crippen molar-refractivity contribution in [2.75, 3.05) is 39.6 Å². The Hall–Kier alpha value is -5.24. The zero-order valence-electron chi connectivity index (χ0n) is 62.7. The summed E-state index contributed by atoms with van der Waals surface area (Å²) in [6.45, 7) is 61.8. The summed E-state index contributed by atoms with van der Waals surface area (Å²) in [7, 11) is 0. The Morgan fingerprint density at radius 3 is 0.842 bits per heavy atom. The molecular weight excluding hydrogens is 1200 g/mol. The van der Waals surface area contributed by atoms with E-state index in [2.05, 4.69) is 106 Å². The summed E-state index contributed by atoms with van der Waals surface area (Å²) in [6.07, 6.45) is 25.2. The highest BCUT2D eigenvalue weighted by molar-refractivity contribution is 5.83. The van der Waals surface area contributed by atoms with Gasteiger partial charge in [0.05, 0.1) is 39.6 Å². The van der Waals surface area contributed by atoms with Gasteiger partial charge < -0.3 is 60.3 Å². The largest absolute Gasteiger partial charge is 0.364 e. The van der Waals surface area contributed by atoms with Crippen LogP contribution in [0, 0.1) is 35.0 Å². The van der Waals surface area contributed by atoms with Gasteiger partial charge in [0, 0.05) is 42.7 Å². The van der Waals surface area contributed by atoms with Crippen LogP contribution in [-0.2, 0) is 57.2 Å². The molecule has 4 aliphatic rings. The summed E-state index contributed by atoms with van der Waals surface area (Å²) in [5.41, 5.74) is 1.00. The molecule has 4 aliphatic carbocycles. The molecule has 6 N–H and O–H groups in total. The number of carbonyl (C=O) groups excluding carboxylic acids is 6. The van der Waals surface area contributed by atoms with Gasteiger partial charge in [-0.2, -0.15) is 0 Å². The molecule has 4 fully saturated rings. The van der Waals surface area contributed by atoms with E-state index in [1.54, 1.807) is 36.5 Å². The highest BCUT2D eigenvalue weighted by Crippen LogP contribution is 2.42. The maximum Gasteiger partial charge on any atom is 0.249 e. The lowest BCUT2D eigenvalue weighted by atomic mass is 9.81. The number of hydrogen-bond donors (Lipinski definition) is 6. The third-order valence-electron chi connectivity index (χ3n) is 15.0. The fourth-order valence-electron chi connectivity index (χ4n) is 9.94. The molecule has 0 heterocycles. The number of ether oxygens (including phenoxy) is 6. The average Bonchev–Trinajstić information content (AvgIpc) is 1.73. The van der Waals surface area contributed by atoms with Crippen LogP contribution in [0.4, 0.5) is 0 Å². The summed E-state index contributed by atoms with van der Waals surface area (Å²) in [6, 6.07) is 0.940. The molecule has 4 saturated carbocycles. The molecule has 8 unspecified atom stereocenters. The highest BCUT2D eigenvalue weighted by Gasteiger charge is 2.37. The second-order valence-corrected chi connectivity index (χ2v) is 28.9. The highest BCUT2D eigenvalue weighted by atomic mass is 16.5. The first-order valence-corrected chi connectivity index (χ1v) is 35.5. The van der Waals surface area contributed by atoms with Gasteiger partial charge in [-0.25, -0.2) is 0 Å². The number of nitrogens with one attached hydrogen (secondary N) is 6. The molecule has 18 heteroatoms. The Kier molecular flexibility index (Phi) is 52.0. The topological polar surface area (TPSA) is 230 Å². The van der Waals surface area contributed by atoms with Crippen molar-refractivity contribution in [1.29, 1.82) is 0 Å². The van der Waals surface area contributed by atoms with Gasteiger partial charge in [0.15, 0.2) is 0 Å². The van der Waals surface area contributed by atoms with Crippen molar-refractivity contribution in [3.63, 3.8) is 0 Å². The van der Waals surface area contributed by atoms with Crippen LogP contribution in [-0.4, -0.2) is 148 Å². The minimum absolute atomic E-state index is 0.0101. The van der Waals surface area contributed by atoms with Crippen LogP contribution in [0.3, 0.4) is 0 Å². The Morgan fingerprint density at radius 1 is 0.389 bits per heavy atom. The molecule has 18 nitrogen and oxygen atoms in total. The fourth-order valence-corrected chi connectivity index (χ4v) is 9.94. The number of amides is 6. The molecule has 0 aromatic carbocycles. The molecule has 8 atom stereocenters. The Balaban J connectivity index is 0. The lowest BCUT2D eigenvalue weighted by molar-refractivity contribution is -0.135. The normalized spacial score (nSPS) is 17.5. The van der Waals surface area contributed by atoms with E-state index < -0.39 is 6.10 Å². The molecule has 0 radical (unpaired) electrons. The standard InChI is InChI=1S/C14H25NO2.2C13H23NO2.C13H25NO2.2C12H21NO2/c1-4-9-17-13(14(16)15-11(2)3)10-12-7-5-6-8-12;1-5-6-16-12(8-11-7-10(11)4)13(15)14-9(2)3;1-4-8-16-12(9-11-6-5-7-11)13(15)14-10(2)3;1-7-8-16-11(9-13(4,5)6)12(15)14-10(2)3;1-4-7-15-11(8-10-5-6-10)12(14)13-9(2)3;1-6-7-15-11(8-9(2)3)12(14)13-10(4)5/h4,11-13H,1,5-10H2,2-3H3,(H,15,16);5,9-12H,1,6-8H2,2-4H3,(H,14,15);4,10-12H,1,5-9H2,2-3H3,(H,14,15);7,10-11H,1,8-9H2,2-6H3,(H,14,15);4,9-11H,1,5-8H2,2-3H3,(H,13,14);6,10-11H,1-2,7-8H2,3-5H3,(H,13,14). The van der Waals surface area contributed by atoms with Gasteiger partial charge in [-0.1, -0.05) is 128 Å². The predicted molar refractivity (Wildman–Crippen MR) is 391 cm³/mol. The Morgan fingerprint density at radius 2 is 0.621 bits per heavy atom. The van der Waals surface area contributed by atoms with Crippen LogP contribution in [0.5, 0.6) is 0 Å². The maximum atomic E-state index is 12.0. The molecule has 6 amide bonds. The van der Waals surface area contributed by atoms with Crippen LogP contribution in [0.25, 0.3) is 0 Å². The van der Waals surface area contributed by atoms with Crippen LogP contribution < -0.4 is 31.9 Å². The van der Waals surface area contributed by atoms with E-state index in [-0.39, 0.29) is 108 Å². The van der Waals surface area contributed by atoms with Crippen LogP contribution in [0.15, 0.2) is 88.1 Å². The lowest BCUT2D eigenvalue weighted by Gasteiger charge is -2.29. The van der Waals surface area contributed by atoms with Crippen molar-refractivity contribution in [2.45, 2.75) is 293 Å². The van der Waals surface area contributed by atoms with Crippen molar-refractivity contribution < 1.29 is 57.2 Å². The van der Waals surface area contributed by atoms with Gasteiger partial charge >= 0.3 is 0 Å². The van der Waals surface area contributed by atoms with E-state index in [9.17, 15) is 28.8 Å². The van der Waals surface area contributed by atoms with E-state index in [1.807, 2.05) is 90.0 Å². The van der Waals surface area contributed by atoms with E-state index in [0.29, 0.717) is 76.2 Å². The second kappa shape index (κ2) is 53.8. The number of carbonyl (C=O) groups is 6. The predicted octanol–water partition coefficient (Wildman–Crippen LogP) is 13.5. The smallest absolute Gasteiger partial charge is 0.249 e. The van der Waals surface area contributed by atoms with Crippen molar-refractivity contribution in [2.24, 2.45) is 35.0 Å². The third-order valence-corrected chi connectivity index (χ3v) is 15.0. The van der Waals surface area contributed by atoms with E-state index in [1.165, 1.54) is 64.2 Å². The summed E-state index contributed by atoms with van der Waals surface area (Å²) < 4.78 is 33.0. The summed E-state index contributed by atoms with van der Waals surface area (Å²) >= 11 is 0. The van der Waals surface area contributed by atoms with Gasteiger partial charge in [-0.05, 0) is 164 Å². The molecule has 0 saturated heterocycles. The molecule has 4 rings (SSSR count). The van der Waals surface area contributed by atoms with Crippen molar-refractivity contribution >= 4 is 35.4 Å². The van der Waals surface area contributed by atoms with E-state index in [0.717, 1.165) is 37.2 Å². The second-order valence-electron chi connectivity index (χ2n) is 28.9. The van der Waals surface area contributed by atoms with Crippen LogP contribution in [0.1, 0.15) is 220 Å². The molecule has 0 aromatic rings. The van der Waals surface area contributed by atoms with Crippen molar-refractivity contribution in [3.8, 4) is 0 Å². The summed E-state index contributed by atoms with van der Waals surface area (Å²) in [5, 5.41) is 17.3. The molecule has 0 bridgehead atoms. The molecule has 0 spiro atoms. The maximum absolute atomic E-state index is 12.0. The first kappa shape index (κ1) is 91.8. The SMILES string of the molecule is C=CCOC(CC(=C)C)C(=O)NC(C)C.C=CCOC(CC(C)(C)C)C(=O)NC(C)C.C=CCOC(CC1CC1)C(=O)NC(C)C.C=CCOC(CC1CC1C)C(=O)NC(C)C.C=CCOC(CC1CCC1)C(=O)NC(C)C.C=CCOC(CC1CCCC1)C(=O)NC(C)C. The van der Waals surface area contributed by atoms with Gasteiger partial charge in [0.1, 0.15) is 36.6 Å². The molecule has 0 aromatic heterocycles. The molecule has 95 heavy (non-hydrogen) atoms. The zero-order valence-corrected chi connectivity index (χ0v) is 62.7. The minimum Gasteiger partial charge on any atom is -0.364 e. The monoisotopic (exact) mass is 1340 g/mol. The minimum atomic E-state index is -0.456. The van der Waals surface area contributed by atoms with Gasteiger partial charge in [-0.15, -0.1) is 46.1 Å². The van der Waals surface area contributed by atoms with E-state index >= 15 is 0 Å². The average molecular weight is 1340 g/mol. The Bertz CT molecular complexity index is 2150. The first-order valence-electron chi connectivity index (χ1n) is 35.5. The van der Waals surface area contributed by atoms with Gasteiger partial charge in [0.25, 0.3) is 0 Å². The van der Waals surface area contributed by atoms with E-state index in [4.69, 9.17) is 28.4 Å². The lowest BCUT2D eigenvalue weighted by Crippen LogP contribution is -2.41. The van der Waals surface area contributed by atoms with Crippen LogP contribution in [0.2, 0.25) is 0 Å². The number of hydrogen-bond acceptors (Lipinski definition) is 12. The number of rotatable bonds is 41. The quantitative estimate of drug-likeness (QED) is 0.0314. The zero-order chi connectivity index (χ0) is 72.6. The van der Waals surface area contributed by atoms with Gasteiger partial charge in [-0.3, -0.25) is 28.8 Å². The van der Waals surface area contributed by atoms with Gasteiger partial charge in [0.2, 0.25) is 35.4 Å². The Labute approximate surface area is 578 Å². The molecule has 0 aliphatic heterocycles. The first-order chi connectivity index (χ1) is 44.7. The van der Waals surface area contributed by atoms with Crippen molar-refractivity contribution in [1.82, 2.24) is 31.9 Å². The fraction of sp³-hybridized carbons (Fsp3) is 0.740. The summed E-state index contributed by atoms with van der Waals surface area (Å²) in [4.78, 5) is 71.0. The third kappa shape index (κ3) is 51.6. The van der Waals surface area contributed by atoms with Crippen LogP contribution >= 0.6 is 0 Å².